The number of carbonyl (C=O) groups excluding carboxylic acids is 2. The van der Waals surface area contributed by atoms with E-state index in [0.29, 0.717) is 17.2 Å². The number of halogens is 1. The molecule has 7 heteroatoms. The minimum absolute atomic E-state index is 0.0359. The lowest BCUT2D eigenvalue weighted by atomic mass is 9.99. The highest BCUT2D eigenvalue weighted by atomic mass is 79.9. The molecule has 4 rings (SSSR count). The maximum absolute atomic E-state index is 13.0. The second-order valence-corrected chi connectivity index (χ2v) is 6.99. The minimum Gasteiger partial charge on any atom is -0.503 e. The second kappa shape index (κ2) is 6.59. The van der Waals surface area contributed by atoms with Gasteiger partial charge in [0, 0.05) is 10.2 Å². The molecule has 2 aromatic heterocycles. The predicted molar refractivity (Wildman–Crippen MR) is 101 cm³/mol. The van der Waals surface area contributed by atoms with Crippen LogP contribution in [0.4, 0.5) is 5.69 Å². The van der Waals surface area contributed by atoms with E-state index >= 15 is 0 Å². The van der Waals surface area contributed by atoms with Crippen molar-refractivity contribution in [2.24, 2.45) is 0 Å². The van der Waals surface area contributed by atoms with Crippen molar-refractivity contribution in [3.8, 4) is 0 Å². The third-order valence-electron chi connectivity index (χ3n) is 4.31. The zero-order chi connectivity index (χ0) is 19.1. The topological polar surface area (TPSA) is 83.9 Å². The molecule has 0 saturated carbocycles. The molecule has 1 N–H and O–H groups in total. The summed E-state index contributed by atoms with van der Waals surface area (Å²) in [5.41, 5.74) is 0.437. The van der Waals surface area contributed by atoms with Gasteiger partial charge < -0.3 is 13.9 Å². The van der Waals surface area contributed by atoms with Gasteiger partial charge in [-0.25, -0.2) is 0 Å². The lowest BCUT2D eigenvalue weighted by Crippen LogP contribution is -2.30. The van der Waals surface area contributed by atoms with Crippen LogP contribution in [-0.4, -0.2) is 16.8 Å². The first-order valence-electron chi connectivity index (χ1n) is 8.14. The molecule has 0 saturated heterocycles. The average molecular weight is 428 g/mol. The largest absolute Gasteiger partial charge is 0.503 e. The smallest absolute Gasteiger partial charge is 0.294 e. The number of ketones is 1. The lowest BCUT2D eigenvalue weighted by Gasteiger charge is -2.25. The van der Waals surface area contributed by atoms with Gasteiger partial charge in [-0.1, -0.05) is 22.0 Å². The molecule has 1 unspecified atom stereocenters. The number of aliphatic hydroxyl groups excluding tert-OH is 1. The Morgan fingerprint density at radius 3 is 2.63 bits per heavy atom. The fourth-order valence-electron chi connectivity index (χ4n) is 3.14. The highest BCUT2D eigenvalue weighted by molar-refractivity contribution is 9.10. The Bertz CT molecular complexity index is 1060. The number of carbonyl (C=O) groups is 2. The van der Waals surface area contributed by atoms with E-state index in [0.717, 1.165) is 4.47 Å². The molecule has 0 radical (unpaired) electrons. The molecular formula is C20H14BrNO5. The van der Waals surface area contributed by atoms with Crippen LogP contribution in [0.2, 0.25) is 0 Å². The molecule has 3 heterocycles. The Kier molecular flexibility index (Phi) is 4.24. The van der Waals surface area contributed by atoms with Crippen molar-refractivity contribution in [2.45, 2.75) is 13.0 Å². The number of nitrogens with zero attached hydrogens (tertiary/aromatic N) is 1. The van der Waals surface area contributed by atoms with Gasteiger partial charge in [0.15, 0.2) is 11.5 Å². The Labute approximate surface area is 162 Å². The van der Waals surface area contributed by atoms with Gasteiger partial charge in [-0.2, -0.15) is 0 Å². The molecule has 0 aliphatic carbocycles. The Balaban J connectivity index is 1.88. The summed E-state index contributed by atoms with van der Waals surface area (Å²) < 4.78 is 11.6. The maximum atomic E-state index is 13.0. The van der Waals surface area contributed by atoms with E-state index in [2.05, 4.69) is 15.9 Å². The van der Waals surface area contributed by atoms with Crippen molar-refractivity contribution in [2.75, 3.05) is 4.90 Å². The summed E-state index contributed by atoms with van der Waals surface area (Å²) in [5, 5.41) is 10.5. The molecule has 0 fully saturated rings. The van der Waals surface area contributed by atoms with Gasteiger partial charge >= 0.3 is 0 Å². The first-order chi connectivity index (χ1) is 13.0. The number of hydrogen-bond donors (Lipinski definition) is 1. The zero-order valence-electron chi connectivity index (χ0n) is 14.2. The highest BCUT2D eigenvalue weighted by Gasteiger charge is 2.46. The van der Waals surface area contributed by atoms with Crippen molar-refractivity contribution in [3.63, 3.8) is 0 Å². The van der Waals surface area contributed by atoms with Gasteiger partial charge in [-0.3, -0.25) is 14.5 Å². The van der Waals surface area contributed by atoms with E-state index in [1.165, 1.54) is 17.2 Å². The lowest BCUT2D eigenvalue weighted by molar-refractivity contribution is -0.117. The van der Waals surface area contributed by atoms with Crippen LogP contribution in [0.25, 0.3) is 0 Å². The number of benzene rings is 1. The summed E-state index contributed by atoms with van der Waals surface area (Å²) in [6, 6.07) is 12.6. The Hall–Kier alpha value is -3.06. The molecular weight excluding hydrogens is 414 g/mol. The predicted octanol–water partition coefficient (Wildman–Crippen LogP) is 4.73. The van der Waals surface area contributed by atoms with Crippen molar-refractivity contribution in [1.29, 1.82) is 0 Å². The summed E-state index contributed by atoms with van der Waals surface area (Å²) >= 11 is 3.38. The van der Waals surface area contributed by atoms with E-state index in [1.54, 1.807) is 43.3 Å². The fourth-order valence-corrected chi connectivity index (χ4v) is 3.53. The minimum atomic E-state index is -0.905. The first kappa shape index (κ1) is 17.4. The van der Waals surface area contributed by atoms with E-state index < -0.39 is 23.5 Å². The number of hydrogen-bond acceptors (Lipinski definition) is 5. The van der Waals surface area contributed by atoms with E-state index in [-0.39, 0.29) is 11.3 Å². The van der Waals surface area contributed by atoms with Crippen LogP contribution in [0.15, 0.2) is 79.4 Å². The molecule has 27 heavy (non-hydrogen) atoms. The van der Waals surface area contributed by atoms with Gasteiger partial charge in [0.25, 0.3) is 5.91 Å². The first-order valence-corrected chi connectivity index (χ1v) is 8.93. The number of rotatable bonds is 4. The van der Waals surface area contributed by atoms with Crippen molar-refractivity contribution >= 4 is 33.3 Å². The monoisotopic (exact) mass is 427 g/mol. The van der Waals surface area contributed by atoms with Gasteiger partial charge in [-0.15, -0.1) is 0 Å². The Morgan fingerprint density at radius 2 is 2.00 bits per heavy atom. The normalized spacial score (nSPS) is 17.0. The summed E-state index contributed by atoms with van der Waals surface area (Å²) in [4.78, 5) is 27.2. The molecule has 1 atom stereocenters. The van der Waals surface area contributed by atoms with Gasteiger partial charge in [-0.05, 0) is 49.4 Å². The zero-order valence-corrected chi connectivity index (χ0v) is 15.8. The number of anilines is 1. The number of Topliss-reactive ketones (excluding diaryl/α,β-unsaturated/α-hetero) is 1. The number of aryl methyl sites for hydroxylation is 1. The molecule has 1 aliphatic heterocycles. The molecule has 1 aromatic carbocycles. The summed E-state index contributed by atoms with van der Waals surface area (Å²) in [6.45, 7) is 1.77. The van der Waals surface area contributed by atoms with Crippen LogP contribution in [0.1, 0.15) is 28.1 Å². The molecule has 0 bridgehead atoms. The standard InChI is InChI=1S/C20H14BrNO5/c1-11-7-8-14(27-11)17-16(18(23)15-6-3-9-26-15)19(24)20(25)22(17)13-5-2-4-12(21)10-13/h2-10,17,24H,1H3. The van der Waals surface area contributed by atoms with Crippen molar-refractivity contribution in [3.05, 3.63) is 87.9 Å². The maximum Gasteiger partial charge on any atom is 0.294 e. The summed E-state index contributed by atoms with van der Waals surface area (Å²) in [7, 11) is 0. The quantitative estimate of drug-likeness (QED) is 0.608. The SMILES string of the molecule is Cc1ccc(C2C(C(=O)c3ccco3)=C(O)C(=O)N2c2cccc(Br)c2)o1. The van der Waals surface area contributed by atoms with E-state index in [4.69, 9.17) is 8.83 Å². The number of furan rings is 2. The number of amides is 1. The van der Waals surface area contributed by atoms with Gasteiger partial charge in [0.2, 0.25) is 5.78 Å². The van der Waals surface area contributed by atoms with Gasteiger partial charge in [0.05, 0.1) is 11.8 Å². The van der Waals surface area contributed by atoms with Crippen LogP contribution in [0.5, 0.6) is 0 Å². The third-order valence-corrected chi connectivity index (χ3v) is 4.81. The highest BCUT2D eigenvalue weighted by Crippen LogP contribution is 2.42. The summed E-state index contributed by atoms with van der Waals surface area (Å²) in [5.74, 6) is -0.823. The van der Waals surface area contributed by atoms with Gasteiger partial charge in [0.1, 0.15) is 17.6 Å². The van der Waals surface area contributed by atoms with Crippen LogP contribution in [0.3, 0.4) is 0 Å². The van der Waals surface area contributed by atoms with E-state index in [1.807, 2.05) is 6.07 Å². The van der Waals surface area contributed by atoms with Crippen LogP contribution >= 0.6 is 15.9 Å². The third kappa shape index (κ3) is 2.90. The van der Waals surface area contributed by atoms with Crippen LogP contribution in [-0.2, 0) is 4.79 Å². The van der Waals surface area contributed by atoms with Crippen LogP contribution < -0.4 is 4.90 Å². The molecule has 1 amide bonds. The second-order valence-electron chi connectivity index (χ2n) is 6.07. The molecule has 0 spiro atoms. The molecule has 136 valence electrons. The fraction of sp³-hybridized carbons (Fsp3) is 0.100. The summed E-state index contributed by atoms with van der Waals surface area (Å²) in [6.07, 6.45) is 1.36. The van der Waals surface area contributed by atoms with Crippen LogP contribution in [0, 0.1) is 6.92 Å². The Morgan fingerprint density at radius 1 is 1.19 bits per heavy atom. The average Bonchev–Trinajstić information content (AvgIpc) is 3.36. The molecule has 1 aliphatic rings. The molecule has 6 nitrogen and oxygen atoms in total. The van der Waals surface area contributed by atoms with E-state index in [9.17, 15) is 14.7 Å². The molecule has 3 aromatic rings. The van der Waals surface area contributed by atoms with Crippen molar-refractivity contribution in [1.82, 2.24) is 0 Å². The van der Waals surface area contributed by atoms with Crippen molar-refractivity contribution < 1.29 is 23.5 Å². The number of aliphatic hydroxyl groups is 1.